The SMILES string of the molecule is Nc1cccc(C(=O)Nc2nc3c(s2)CCCC3)n1. The third kappa shape index (κ3) is 2.58. The Morgan fingerprint density at radius 1 is 1.26 bits per heavy atom. The van der Waals surface area contributed by atoms with Crippen molar-refractivity contribution < 1.29 is 4.79 Å². The minimum absolute atomic E-state index is 0.265. The fourth-order valence-corrected chi connectivity index (χ4v) is 3.19. The summed E-state index contributed by atoms with van der Waals surface area (Å²) in [5.41, 5.74) is 7.01. The summed E-state index contributed by atoms with van der Waals surface area (Å²) in [5.74, 6) is 0.0736. The van der Waals surface area contributed by atoms with Crippen LogP contribution < -0.4 is 11.1 Å². The fraction of sp³-hybridized carbons (Fsp3) is 0.308. The van der Waals surface area contributed by atoms with Crippen LogP contribution in [-0.4, -0.2) is 15.9 Å². The Kier molecular flexibility index (Phi) is 3.16. The van der Waals surface area contributed by atoms with Crippen LogP contribution in [0.1, 0.15) is 33.9 Å². The molecule has 1 aliphatic rings. The van der Waals surface area contributed by atoms with Crippen molar-refractivity contribution in [2.24, 2.45) is 0 Å². The van der Waals surface area contributed by atoms with E-state index in [1.807, 2.05) is 0 Å². The third-order valence-electron chi connectivity index (χ3n) is 3.07. The molecule has 2 aromatic rings. The molecule has 1 aliphatic carbocycles. The maximum absolute atomic E-state index is 12.0. The Hall–Kier alpha value is -1.95. The van der Waals surface area contributed by atoms with Crippen LogP contribution in [0.25, 0.3) is 0 Å². The zero-order valence-electron chi connectivity index (χ0n) is 10.3. The molecule has 0 bridgehead atoms. The number of hydrogen-bond donors (Lipinski definition) is 2. The van der Waals surface area contributed by atoms with Crippen LogP contribution >= 0.6 is 11.3 Å². The molecule has 3 rings (SSSR count). The molecule has 0 spiro atoms. The lowest BCUT2D eigenvalue weighted by molar-refractivity contribution is 0.102. The van der Waals surface area contributed by atoms with Gasteiger partial charge in [0.2, 0.25) is 0 Å². The van der Waals surface area contributed by atoms with Gasteiger partial charge >= 0.3 is 0 Å². The predicted octanol–water partition coefficient (Wildman–Crippen LogP) is 2.25. The Labute approximate surface area is 114 Å². The third-order valence-corrected chi connectivity index (χ3v) is 4.14. The van der Waals surface area contributed by atoms with Crippen molar-refractivity contribution in [1.82, 2.24) is 9.97 Å². The van der Waals surface area contributed by atoms with E-state index >= 15 is 0 Å². The molecule has 0 saturated heterocycles. The van der Waals surface area contributed by atoms with Crippen molar-refractivity contribution >= 4 is 28.2 Å². The second kappa shape index (κ2) is 4.97. The van der Waals surface area contributed by atoms with E-state index in [-0.39, 0.29) is 5.91 Å². The van der Waals surface area contributed by atoms with Crippen LogP contribution in [0.3, 0.4) is 0 Å². The van der Waals surface area contributed by atoms with E-state index < -0.39 is 0 Å². The number of pyridine rings is 1. The highest BCUT2D eigenvalue weighted by molar-refractivity contribution is 7.15. The lowest BCUT2D eigenvalue weighted by Crippen LogP contribution is -2.14. The highest BCUT2D eigenvalue weighted by Crippen LogP contribution is 2.29. The van der Waals surface area contributed by atoms with E-state index in [0.717, 1.165) is 18.5 Å². The van der Waals surface area contributed by atoms with E-state index in [4.69, 9.17) is 5.73 Å². The second-order valence-electron chi connectivity index (χ2n) is 4.50. The number of hydrogen-bond acceptors (Lipinski definition) is 5. The zero-order chi connectivity index (χ0) is 13.2. The first-order valence-corrected chi connectivity index (χ1v) is 7.06. The summed E-state index contributed by atoms with van der Waals surface area (Å²) in [5, 5.41) is 3.45. The molecule has 3 N–H and O–H groups in total. The molecule has 2 aromatic heterocycles. The number of nitrogens with two attached hydrogens (primary N) is 1. The van der Waals surface area contributed by atoms with Gasteiger partial charge in [-0.2, -0.15) is 0 Å². The number of thiazole rings is 1. The van der Waals surface area contributed by atoms with E-state index in [1.165, 1.54) is 17.7 Å². The van der Waals surface area contributed by atoms with Crippen LogP contribution in [-0.2, 0) is 12.8 Å². The van der Waals surface area contributed by atoms with Crippen LogP contribution in [0.2, 0.25) is 0 Å². The summed E-state index contributed by atoms with van der Waals surface area (Å²) in [7, 11) is 0. The Morgan fingerprint density at radius 2 is 2.11 bits per heavy atom. The van der Waals surface area contributed by atoms with Gasteiger partial charge in [0.1, 0.15) is 11.5 Å². The van der Waals surface area contributed by atoms with Gasteiger partial charge in [-0.3, -0.25) is 10.1 Å². The minimum atomic E-state index is -0.265. The van der Waals surface area contributed by atoms with Gasteiger partial charge in [0.05, 0.1) is 5.69 Å². The number of anilines is 2. The quantitative estimate of drug-likeness (QED) is 0.880. The molecular formula is C13H14N4OS. The standard InChI is InChI=1S/C13H14N4OS/c14-11-7-3-5-9(15-11)12(18)17-13-16-8-4-1-2-6-10(8)19-13/h3,5,7H,1-2,4,6H2,(H2,14,15)(H,16,17,18). The molecule has 19 heavy (non-hydrogen) atoms. The van der Waals surface area contributed by atoms with Crippen LogP contribution in [0.15, 0.2) is 18.2 Å². The molecule has 0 atom stereocenters. The lowest BCUT2D eigenvalue weighted by Gasteiger charge is -2.06. The van der Waals surface area contributed by atoms with Gasteiger partial charge in [-0.1, -0.05) is 6.07 Å². The highest BCUT2D eigenvalue weighted by atomic mass is 32.1. The largest absolute Gasteiger partial charge is 0.384 e. The first-order valence-electron chi connectivity index (χ1n) is 6.25. The van der Waals surface area contributed by atoms with Gasteiger partial charge in [-0.15, -0.1) is 11.3 Å². The van der Waals surface area contributed by atoms with Gasteiger partial charge in [0, 0.05) is 4.88 Å². The van der Waals surface area contributed by atoms with Crippen molar-refractivity contribution in [3.8, 4) is 0 Å². The normalized spacial score (nSPS) is 13.9. The van der Waals surface area contributed by atoms with Crippen LogP contribution in [0.5, 0.6) is 0 Å². The molecule has 0 aromatic carbocycles. The molecule has 0 saturated carbocycles. The summed E-state index contributed by atoms with van der Waals surface area (Å²) in [6.07, 6.45) is 4.47. The van der Waals surface area contributed by atoms with Gasteiger partial charge in [0.15, 0.2) is 5.13 Å². The Morgan fingerprint density at radius 3 is 2.89 bits per heavy atom. The summed E-state index contributed by atoms with van der Waals surface area (Å²) >= 11 is 1.56. The van der Waals surface area contributed by atoms with E-state index in [2.05, 4.69) is 15.3 Å². The smallest absolute Gasteiger partial charge is 0.276 e. The zero-order valence-corrected chi connectivity index (χ0v) is 11.2. The van der Waals surface area contributed by atoms with Crippen molar-refractivity contribution in [3.05, 3.63) is 34.5 Å². The monoisotopic (exact) mass is 274 g/mol. The molecule has 6 heteroatoms. The molecule has 0 unspecified atom stereocenters. The van der Waals surface area contributed by atoms with E-state index in [9.17, 15) is 4.79 Å². The van der Waals surface area contributed by atoms with E-state index in [1.54, 1.807) is 29.5 Å². The number of rotatable bonds is 2. The number of nitrogen functional groups attached to an aromatic ring is 1. The van der Waals surface area contributed by atoms with Gasteiger partial charge in [-0.25, -0.2) is 9.97 Å². The maximum atomic E-state index is 12.0. The number of aryl methyl sites for hydroxylation is 2. The first kappa shape index (κ1) is 12.1. The lowest BCUT2D eigenvalue weighted by atomic mass is 10.0. The first-order chi connectivity index (χ1) is 9.22. The highest BCUT2D eigenvalue weighted by Gasteiger charge is 2.17. The Balaban J connectivity index is 1.77. The molecule has 98 valence electrons. The summed E-state index contributed by atoms with van der Waals surface area (Å²) in [6, 6.07) is 5.00. The fourth-order valence-electron chi connectivity index (χ4n) is 2.14. The molecule has 1 amide bonds. The molecule has 0 radical (unpaired) electrons. The second-order valence-corrected chi connectivity index (χ2v) is 5.58. The van der Waals surface area contributed by atoms with Crippen molar-refractivity contribution in [2.75, 3.05) is 11.1 Å². The number of carbonyl (C=O) groups excluding carboxylic acids is 1. The molecule has 0 fully saturated rings. The number of nitrogens with one attached hydrogen (secondary N) is 1. The summed E-state index contributed by atoms with van der Waals surface area (Å²) in [4.78, 5) is 21.8. The van der Waals surface area contributed by atoms with Gasteiger partial charge in [-0.05, 0) is 37.8 Å². The molecule has 0 aliphatic heterocycles. The van der Waals surface area contributed by atoms with Crippen molar-refractivity contribution in [2.45, 2.75) is 25.7 Å². The van der Waals surface area contributed by atoms with Gasteiger partial charge < -0.3 is 5.73 Å². The van der Waals surface area contributed by atoms with Crippen LogP contribution in [0, 0.1) is 0 Å². The molecule has 2 heterocycles. The van der Waals surface area contributed by atoms with Gasteiger partial charge in [0.25, 0.3) is 5.91 Å². The van der Waals surface area contributed by atoms with Crippen LogP contribution in [0.4, 0.5) is 10.9 Å². The number of fused-ring (bicyclic) bond motifs is 1. The topological polar surface area (TPSA) is 80.9 Å². The van der Waals surface area contributed by atoms with Crippen molar-refractivity contribution in [3.63, 3.8) is 0 Å². The Bertz CT molecular complexity index is 599. The number of amides is 1. The predicted molar refractivity (Wildman–Crippen MR) is 75.4 cm³/mol. The van der Waals surface area contributed by atoms with E-state index in [0.29, 0.717) is 16.6 Å². The average molecular weight is 274 g/mol. The average Bonchev–Trinajstić information content (AvgIpc) is 2.80. The number of nitrogens with zero attached hydrogens (tertiary/aromatic N) is 2. The molecular weight excluding hydrogens is 260 g/mol. The molecule has 5 nitrogen and oxygen atoms in total. The summed E-state index contributed by atoms with van der Waals surface area (Å²) in [6.45, 7) is 0. The summed E-state index contributed by atoms with van der Waals surface area (Å²) < 4.78 is 0. The van der Waals surface area contributed by atoms with Crippen molar-refractivity contribution in [1.29, 1.82) is 0 Å². The minimum Gasteiger partial charge on any atom is -0.384 e. The number of carbonyl (C=O) groups is 1. The maximum Gasteiger partial charge on any atom is 0.276 e. The number of aromatic nitrogens is 2.